The minimum absolute atomic E-state index is 0.0364. The molecule has 0 aromatic rings. The van der Waals surface area contributed by atoms with Crippen molar-refractivity contribution in [1.82, 2.24) is 4.90 Å². The van der Waals surface area contributed by atoms with Crippen LogP contribution in [0.4, 0.5) is 0 Å². The van der Waals surface area contributed by atoms with Gasteiger partial charge in [0.15, 0.2) is 0 Å². The summed E-state index contributed by atoms with van der Waals surface area (Å²) in [4.78, 5) is 14.8. The lowest BCUT2D eigenvalue weighted by Crippen LogP contribution is -2.43. The number of fused-ring (bicyclic) bond motifs is 5. The van der Waals surface area contributed by atoms with E-state index in [4.69, 9.17) is 5.73 Å². The van der Waals surface area contributed by atoms with Crippen molar-refractivity contribution in [2.45, 2.75) is 40.0 Å². The molecule has 0 aromatic heterocycles. The molecule has 3 aliphatic rings. The molecule has 1 amide bonds. The SMILES string of the molecule is CCN(CC(C)(C)CN)C(=O)C1C2C3CCC(C3)C12. The number of nitrogens with zero attached hydrogens (tertiary/aromatic N) is 1. The van der Waals surface area contributed by atoms with Crippen LogP contribution in [0.2, 0.25) is 0 Å². The standard InChI is InChI=1S/C16H28N2O/c1-4-18(9-16(2,3)8-17)15(19)14-12-10-5-6-11(7-10)13(12)14/h10-14H,4-9,17H2,1-3H3. The van der Waals surface area contributed by atoms with Gasteiger partial charge in [-0.1, -0.05) is 13.8 Å². The third-order valence-electron chi connectivity index (χ3n) is 5.89. The normalized spacial score (nSPS) is 39.3. The third kappa shape index (κ3) is 2.10. The van der Waals surface area contributed by atoms with Gasteiger partial charge in [-0.3, -0.25) is 4.79 Å². The highest BCUT2D eigenvalue weighted by atomic mass is 16.2. The van der Waals surface area contributed by atoms with E-state index in [0.29, 0.717) is 18.4 Å². The summed E-state index contributed by atoms with van der Waals surface area (Å²) in [5, 5.41) is 0. The summed E-state index contributed by atoms with van der Waals surface area (Å²) in [5.41, 5.74) is 5.85. The van der Waals surface area contributed by atoms with Gasteiger partial charge in [-0.05, 0) is 61.8 Å². The molecular formula is C16H28N2O. The van der Waals surface area contributed by atoms with Crippen LogP contribution in [-0.4, -0.2) is 30.4 Å². The van der Waals surface area contributed by atoms with Gasteiger partial charge < -0.3 is 10.6 Å². The zero-order valence-electron chi connectivity index (χ0n) is 12.6. The molecule has 0 spiro atoms. The molecule has 3 saturated carbocycles. The Bertz CT molecular complexity index is 363. The molecule has 4 atom stereocenters. The first-order valence-corrected chi connectivity index (χ1v) is 7.97. The molecule has 0 radical (unpaired) electrons. The van der Waals surface area contributed by atoms with E-state index in [1.165, 1.54) is 19.3 Å². The lowest BCUT2D eigenvalue weighted by molar-refractivity contribution is -0.134. The molecule has 0 saturated heterocycles. The van der Waals surface area contributed by atoms with E-state index < -0.39 is 0 Å². The highest BCUT2D eigenvalue weighted by Gasteiger charge is 2.67. The van der Waals surface area contributed by atoms with Crippen molar-refractivity contribution in [2.24, 2.45) is 40.7 Å². The topological polar surface area (TPSA) is 46.3 Å². The van der Waals surface area contributed by atoms with Crippen LogP contribution in [0.25, 0.3) is 0 Å². The van der Waals surface area contributed by atoms with Crippen LogP contribution >= 0.6 is 0 Å². The van der Waals surface area contributed by atoms with Crippen LogP contribution in [0, 0.1) is 35.0 Å². The van der Waals surface area contributed by atoms with Crippen molar-refractivity contribution in [3.63, 3.8) is 0 Å². The summed E-state index contributed by atoms with van der Waals surface area (Å²) >= 11 is 0. The second kappa shape index (κ2) is 4.47. The van der Waals surface area contributed by atoms with Gasteiger partial charge in [-0.25, -0.2) is 0 Å². The van der Waals surface area contributed by atoms with Crippen molar-refractivity contribution in [3.8, 4) is 0 Å². The number of nitrogens with two attached hydrogens (primary N) is 1. The summed E-state index contributed by atoms with van der Waals surface area (Å²) in [5.74, 6) is 4.06. The zero-order valence-corrected chi connectivity index (χ0v) is 12.6. The third-order valence-corrected chi connectivity index (χ3v) is 5.89. The minimum Gasteiger partial charge on any atom is -0.342 e. The number of hydrogen-bond acceptors (Lipinski definition) is 2. The highest BCUT2D eigenvalue weighted by molar-refractivity contribution is 5.83. The van der Waals surface area contributed by atoms with Crippen LogP contribution < -0.4 is 5.73 Å². The number of amides is 1. The summed E-state index contributed by atoms with van der Waals surface area (Å²) in [6.07, 6.45) is 4.19. The molecule has 3 heteroatoms. The average Bonchev–Trinajstić information content (AvgIpc) is 2.83. The summed E-state index contributed by atoms with van der Waals surface area (Å²) in [7, 11) is 0. The Morgan fingerprint density at radius 3 is 2.32 bits per heavy atom. The summed E-state index contributed by atoms with van der Waals surface area (Å²) in [6.45, 7) is 8.68. The maximum Gasteiger partial charge on any atom is 0.226 e. The van der Waals surface area contributed by atoms with Crippen molar-refractivity contribution >= 4 is 5.91 Å². The van der Waals surface area contributed by atoms with Gasteiger partial charge in [0.25, 0.3) is 0 Å². The molecule has 2 N–H and O–H groups in total. The van der Waals surface area contributed by atoms with Crippen molar-refractivity contribution < 1.29 is 4.79 Å². The van der Waals surface area contributed by atoms with E-state index >= 15 is 0 Å². The van der Waals surface area contributed by atoms with E-state index in [1.54, 1.807) is 0 Å². The van der Waals surface area contributed by atoms with Crippen molar-refractivity contribution in [1.29, 1.82) is 0 Å². The Hall–Kier alpha value is -0.570. The lowest BCUT2D eigenvalue weighted by Gasteiger charge is -2.31. The van der Waals surface area contributed by atoms with Crippen LogP contribution in [0.3, 0.4) is 0 Å². The molecule has 3 nitrogen and oxygen atoms in total. The Kier molecular flexibility index (Phi) is 3.16. The second-order valence-corrected chi connectivity index (χ2v) is 7.73. The Balaban J connectivity index is 1.64. The summed E-state index contributed by atoms with van der Waals surface area (Å²) < 4.78 is 0. The molecule has 108 valence electrons. The fourth-order valence-corrected chi connectivity index (χ4v) is 4.79. The number of hydrogen-bond donors (Lipinski definition) is 1. The molecule has 0 aromatic carbocycles. The highest BCUT2D eigenvalue weighted by Crippen LogP contribution is 2.69. The van der Waals surface area contributed by atoms with E-state index in [9.17, 15) is 4.79 Å². The maximum absolute atomic E-state index is 12.7. The number of rotatable bonds is 5. The first kappa shape index (κ1) is 13.4. The van der Waals surface area contributed by atoms with Gasteiger partial charge >= 0.3 is 0 Å². The van der Waals surface area contributed by atoms with Gasteiger partial charge in [0, 0.05) is 19.0 Å². The minimum atomic E-state index is 0.0364. The smallest absolute Gasteiger partial charge is 0.226 e. The number of carbonyl (C=O) groups is 1. The van der Waals surface area contributed by atoms with Gasteiger partial charge in [0.05, 0.1) is 0 Å². The van der Waals surface area contributed by atoms with Crippen LogP contribution in [-0.2, 0) is 4.79 Å². The molecule has 0 heterocycles. The Morgan fingerprint density at radius 1 is 1.26 bits per heavy atom. The molecule has 2 bridgehead atoms. The van der Waals surface area contributed by atoms with Crippen LogP contribution in [0.15, 0.2) is 0 Å². The predicted octanol–water partition coefficient (Wildman–Crippen LogP) is 2.11. The monoisotopic (exact) mass is 264 g/mol. The zero-order chi connectivity index (χ0) is 13.8. The van der Waals surface area contributed by atoms with Gasteiger partial charge in [0.2, 0.25) is 5.91 Å². The van der Waals surface area contributed by atoms with E-state index in [0.717, 1.165) is 36.8 Å². The average molecular weight is 264 g/mol. The second-order valence-electron chi connectivity index (χ2n) is 7.73. The molecule has 3 fully saturated rings. The fraction of sp³-hybridized carbons (Fsp3) is 0.938. The van der Waals surface area contributed by atoms with Crippen LogP contribution in [0.5, 0.6) is 0 Å². The van der Waals surface area contributed by atoms with E-state index in [-0.39, 0.29) is 5.41 Å². The molecule has 3 aliphatic carbocycles. The first-order valence-electron chi connectivity index (χ1n) is 7.97. The first-order chi connectivity index (χ1) is 8.98. The van der Waals surface area contributed by atoms with Gasteiger partial charge in [0.1, 0.15) is 0 Å². The fourth-order valence-electron chi connectivity index (χ4n) is 4.79. The Labute approximate surface area is 116 Å². The largest absolute Gasteiger partial charge is 0.342 e. The molecule has 3 rings (SSSR count). The molecule has 0 aliphatic heterocycles. The quantitative estimate of drug-likeness (QED) is 0.826. The van der Waals surface area contributed by atoms with Gasteiger partial charge in [-0.2, -0.15) is 0 Å². The summed E-state index contributed by atoms with van der Waals surface area (Å²) in [6, 6.07) is 0. The van der Waals surface area contributed by atoms with Crippen molar-refractivity contribution in [2.75, 3.05) is 19.6 Å². The maximum atomic E-state index is 12.7. The molecule has 4 unspecified atom stereocenters. The number of carbonyl (C=O) groups excluding carboxylic acids is 1. The Morgan fingerprint density at radius 2 is 1.84 bits per heavy atom. The van der Waals surface area contributed by atoms with Crippen LogP contribution in [0.1, 0.15) is 40.0 Å². The van der Waals surface area contributed by atoms with E-state index in [1.807, 2.05) is 0 Å². The molecule has 19 heavy (non-hydrogen) atoms. The van der Waals surface area contributed by atoms with Gasteiger partial charge in [-0.15, -0.1) is 0 Å². The predicted molar refractivity (Wildman–Crippen MR) is 76.4 cm³/mol. The lowest BCUT2D eigenvalue weighted by atomic mass is 9.92. The van der Waals surface area contributed by atoms with Crippen molar-refractivity contribution in [3.05, 3.63) is 0 Å². The van der Waals surface area contributed by atoms with E-state index in [2.05, 4.69) is 25.7 Å². The molecular weight excluding hydrogens is 236 g/mol.